The molecule has 1 aliphatic rings. The number of hydrogen-bond donors (Lipinski definition) is 1. The van der Waals surface area contributed by atoms with Gasteiger partial charge in [-0.15, -0.1) is 0 Å². The first-order chi connectivity index (χ1) is 7.88. The van der Waals surface area contributed by atoms with E-state index < -0.39 is 11.6 Å². The Bertz CT molecular complexity index is 437. The van der Waals surface area contributed by atoms with Gasteiger partial charge < -0.3 is 15.4 Å². The van der Waals surface area contributed by atoms with Crippen molar-refractivity contribution in [3.8, 4) is 5.75 Å². The number of anilines is 1. The van der Waals surface area contributed by atoms with Gasteiger partial charge in [0.05, 0.1) is 5.69 Å². The Morgan fingerprint density at radius 3 is 2.71 bits per heavy atom. The van der Waals surface area contributed by atoms with Crippen LogP contribution in [0.5, 0.6) is 5.75 Å². The number of nitrogens with zero attached hydrogens (tertiary/aromatic N) is 1. The van der Waals surface area contributed by atoms with Gasteiger partial charge in [0.25, 0.3) is 5.91 Å². The molecule has 1 aromatic rings. The van der Waals surface area contributed by atoms with Gasteiger partial charge in [-0.1, -0.05) is 12.1 Å². The quantitative estimate of drug-likeness (QED) is 0.844. The number of ether oxygens (including phenoxy) is 1. The minimum Gasteiger partial charge on any atom is -0.479 e. The molecule has 0 bridgehead atoms. The minimum atomic E-state index is -0.452. The summed E-state index contributed by atoms with van der Waals surface area (Å²) in [6.45, 7) is 6.05. The van der Waals surface area contributed by atoms with Gasteiger partial charge >= 0.3 is 0 Å². The summed E-state index contributed by atoms with van der Waals surface area (Å²) in [5.41, 5.74) is 6.37. The molecule has 0 fully saturated rings. The Morgan fingerprint density at radius 2 is 2.06 bits per heavy atom. The van der Waals surface area contributed by atoms with Crippen LogP contribution in [0.4, 0.5) is 5.69 Å². The van der Waals surface area contributed by atoms with E-state index in [0.717, 1.165) is 11.4 Å². The highest BCUT2D eigenvalue weighted by Crippen LogP contribution is 2.34. The number of carbonyl (C=O) groups excluding carboxylic acids is 1. The maximum absolute atomic E-state index is 12.1. The molecular formula is C13H18N2O2. The van der Waals surface area contributed by atoms with E-state index in [1.54, 1.807) is 11.8 Å². The van der Waals surface area contributed by atoms with E-state index in [1.807, 2.05) is 38.1 Å². The van der Waals surface area contributed by atoms with E-state index in [2.05, 4.69) is 0 Å². The first kappa shape index (κ1) is 11.9. The van der Waals surface area contributed by atoms with Crippen molar-refractivity contribution >= 4 is 11.6 Å². The van der Waals surface area contributed by atoms with Crippen LogP contribution >= 0.6 is 0 Å². The molecule has 2 rings (SSSR count). The standard InChI is InChI=1S/C13H18N2O2/c1-9-12(16)15(8-13(2,3)14)10-6-4-5-7-11(10)17-9/h4-7,9H,8,14H2,1-3H3. The predicted molar refractivity (Wildman–Crippen MR) is 67.2 cm³/mol. The van der Waals surface area contributed by atoms with Crippen molar-refractivity contribution in [3.63, 3.8) is 0 Å². The summed E-state index contributed by atoms with van der Waals surface area (Å²) in [5, 5.41) is 0. The van der Waals surface area contributed by atoms with E-state index in [-0.39, 0.29) is 5.91 Å². The molecule has 1 unspecified atom stereocenters. The molecule has 1 heterocycles. The summed E-state index contributed by atoms with van der Waals surface area (Å²) in [6, 6.07) is 7.54. The number of para-hydroxylation sites is 2. The van der Waals surface area contributed by atoms with Crippen molar-refractivity contribution in [2.24, 2.45) is 5.73 Å². The molecule has 0 radical (unpaired) electrons. The number of rotatable bonds is 2. The summed E-state index contributed by atoms with van der Waals surface area (Å²) in [6.07, 6.45) is -0.452. The van der Waals surface area contributed by atoms with E-state index >= 15 is 0 Å². The second-order valence-corrected chi connectivity index (χ2v) is 5.14. The molecule has 0 spiro atoms. The van der Waals surface area contributed by atoms with Gasteiger partial charge in [0.1, 0.15) is 5.75 Å². The van der Waals surface area contributed by atoms with Gasteiger partial charge in [-0.05, 0) is 32.9 Å². The number of hydrogen-bond acceptors (Lipinski definition) is 3. The SMILES string of the molecule is CC1Oc2ccccc2N(CC(C)(C)N)C1=O. The van der Waals surface area contributed by atoms with Gasteiger partial charge in [-0.3, -0.25) is 4.79 Å². The van der Waals surface area contributed by atoms with Gasteiger partial charge in [-0.2, -0.15) is 0 Å². The minimum absolute atomic E-state index is 0.0396. The van der Waals surface area contributed by atoms with Gasteiger partial charge in [0.15, 0.2) is 6.10 Å². The van der Waals surface area contributed by atoms with Gasteiger partial charge in [-0.25, -0.2) is 0 Å². The Balaban J connectivity index is 2.39. The summed E-state index contributed by atoms with van der Waals surface area (Å²) in [7, 11) is 0. The molecule has 4 heteroatoms. The van der Waals surface area contributed by atoms with Crippen molar-refractivity contribution in [2.75, 3.05) is 11.4 Å². The molecule has 4 nitrogen and oxygen atoms in total. The lowest BCUT2D eigenvalue weighted by Crippen LogP contribution is -2.53. The molecular weight excluding hydrogens is 216 g/mol. The Hall–Kier alpha value is -1.55. The third kappa shape index (κ3) is 2.42. The fraction of sp³-hybridized carbons (Fsp3) is 0.462. The summed E-state index contributed by atoms with van der Waals surface area (Å²) >= 11 is 0. The highest BCUT2D eigenvalue weighted by molar-refractivity contribution is 5.99. The molecule has 0 aliphatic carbocycles. The molecule has 92 valence electrons. The molecule has 1 atom stereocenters. The molecule has 2 N–H and O–H groups in total. The fourth-order valence-electron chi connectivity index (χ4n) is 1.93. The van der Waals surface area contributed by atoms with E-state index in [4.69, 9.17) is 10.5 Å². The molecule has 0 saturated carbocycles. The summed E-state index contributed by atoms with van der Waals surface area (Å²) in [4.78, 5) is 13.8. The lowest BCUT2D eigenvalue weighted by atomic mass is 10.0. The van der Waals surface area contributed by atoms with Gasteiger partial charge in [0.2, 0.25) is 0 Å². The lowest BCUT2D eigenvalue weighted by Gasteiger charge is -2.36. The van der Waals surface area contributed by atoms with E-state index in [9.17, 15) is 4.79 Å². The van der Waals surface area contributed by atoms with Crippen molar-refractivity contribution in [3.05, 3.63) is 24.3 Å². The Kier molecular flexibility index (Phi) is 2.83. The number of carbonyl (C=O) groups is 1. The number of nitrogens with two attached hydrogens (primary N) is 1. The monoisotopic (exact) mass is 234 g/mol. The highest BCUT2D eigenvalue weighted by Gasteiger charge is 2.33. The Morgan fingerprint density at radius 1 is 1.41 bits per heavy atom. The maximum Gasteiger partial charge on any atom is 0.267 e. The van der Waals surface area contributed by atoms with Crippen molar-refractivity contribution < 1.29 is 9.53 Å². The maximum atomic E-state index is 12.1. The molecule has 0 aromatic heterocycles. The number of amides is 1. The van der Waals surface area contributed by atoms with Crippen LogP contribution in [0, 0.1) is 0 Å². The van der Waals surface area contributed by atoms with Crippen LogP contribution in [-0.2, 0) is 4.79 Å². The van der Waals surface area contributed by atoms with Crippen LogP contribution < -0.4 is 15.4 Å². The molecule has 17 heavy (non-hydrogen) atoms. The van der Waals surface area contributed by atoms with Crippen LogP contribution in [-0.4, -0.2) is 24.1 Å². The molecule has 1 aromatic carbocycles. The van der Waals surface area contributed by atoms with Crippen LogP contribution in [0.2, 0.25) is 0 Å². The van der Waals surface area contributed by atoms with Crippen molar-refractivity contribution in [1.82, 2.24) is 0 Å². The van der Waals surface area contributed by atoms with Crippen LogP contribution in [0.25, 0.3) is 0 Å². The van der Waals surface area contributed by atoms with Gasteiger partial charge in [0, 0.05) is 12.1 Å². The second-order valence-electron chi connectivity index (χ2n) is 5.14. The predicted octanol–water partition coefficient (Wildman–Crippen LogP) is 1.54. The smallest absolute Gasteiger partial charge is 0.267 e. The zero-order valence-electron chi connectivity index (χ0n) is 10.4. The molecule has 1 amide bonds. The zero-order chi connectivity index (χ0) is 12.6. The first-order valence-electron chi connectivity index (χ1n) is 5.74. The molecule has 0 saturated heterocycles. The lowest BCUT2D eigenvalue weighted by molar-refractivity contribution is -0.125. The Labute approximate surface area is 101 Å². The third-order valence-electron chi connectivity index (χ3n) is 2.64. The van der Waals surface area contributed by atoms with Crippen LogP contribution in [0.15, 0.2) is 24.3 Å². The normalized spacial score (nSPS) is 19.9. The summed E-state index contributed by atoms with van der Waals surface area (Å²) in [5.74, 6) is 0.700. The second kappa shape index (κ2) is 4.04. The van der Waals surface area contributed by atoms with E-state index in [0.29, 0.717) is 6.54 Å². The third-order valence-corrected chi connectivity index (χ3v) is 2.64. The topological polar surface area (TPSA) is 55.6 Å². The zero-order valence-corrected chi connectivity index (χ0v) is 10.4. The van der Waals surface area contributed by atoms with Crippen LogP contribution in [0.1, 0.15) is 20.8 Å². The van der Waals surface area contributed by atoms with E-state index in [1.165, 1.54) is 0 Å². The van der Waals surface area contributed by atoms with Crippen molar-refractivity contribution in [2.45, 2.75) is 32.4 Å². The largest absolute Gasteiger partial charge is 0.479 e. The molecule has 1 aliphatic heterocycles. The summed E-state index contributed by atoms with van der Waals surface area (Å²) < 4.78 is 5.56. The fourth-order valence-corrected chi connectivity index (χ4v) is 1.93. The van der Waals surface area contributed by atoms with Crippen molar-refractivity contribution in [1.29, 1.82) is 0 Å². The number of fused-ring (bicyclic) bond motifs is 1. The highest BCUT2D eigenvalue weighted by atomic mass is 16.5. The average molecular weight is 234 g/mol. The number of benzene rings is 1. The van der Waals surface area contributed by atoms with Crippen LogP contribution in [0.3, 0.4) is 0 Å². The average Bonchev–Trinajstić information content (AvgIpc) is 2.23. The first-order valence-corrected chi connectivity index (χ1v) is 5.74.